The Balaban J connectivity index is 1.75. The van der Waals surface area contributed by atoms with Crippen LogP contribution in [-0.4, -0.2) is 41.9 Å². The molecule has 22 heavy (non-hydrogen) atoms. The minimum absolute atomic E-state index is 0.0395. The lowest BCUT2D eigenvalue weighted by molar-refractivity contribution is -0.132. The molecule has 1 aliphatic heterocycles. The molecular weight excluding hydrogens is 278 g/mol. The van der Waals surface area contributed by atoms with Gasteiger partial charge in [0.2, 0.25) is 5.91 Å². The second-order valence-electron chi connectivity index (χ2n) is 6.01. The SMILES string of the molecule is CC(N)CCC(=O)N1CCC(NC(=O)c2ccccc2)CC1. The Kier molecular flexibility index (Phi) is 5.95. The molecule has 0 aliphatic carbocycles. The van der Waals surface area contributed by atoms with E-state index in [1.165, 1.54) is 0 Å². The number of likely N-dealkylation sites (tertiary alicyclic amines) is 1. The molecule has 120 valence electrons. The van der Waals surface area contributed by atoms with Crippen LogP contribution in [0.4, 0.5) is 0 Å². The summed E-state index contributed by atoms with van der Waals surface area (Å²) in [6, 6.07) is 9.42. The summed E-state index contributed by atoms with van der Waals surface area (Å²) in [6.45, 7) is 3.33. The molecule has 2 amide bonds. The maximum Gasteiger partial charge on any atom is 0.251 e. The first-order chi connectivity index (χ1) is 10.6. The molecule has 0 bridgehead atoms. The molecular formula is C17H25N3O2. The highest BCUT2D eigenvalue weighted by Gasteiger charge is 2.23. The number of nitrogens with one attached hydrogen (secondary N) is 1. The van der Waals surface area contributed by atoms with Crippen molar-refractivity contribution in [2.24, 2.45) is 5.73 Å². The van der Waals surface area contributed by atoms with Crippen molar-refractivity contribution in [1.29, 1.82) is 0 Å². The van der Waals surface area contributed by atoms with Crippen LogP contribution in [-0.2, 0) is 4.79 Å². The average molecular weight is 303 g/mol. The van der Waals surface area contributed by atoms with E-state index in [0.717, 1.165) is 19.3 Å². The van der Waals surface area contributed by atoms with Crippen LogP contribution in [0.25, 0.3) is 0 Å². The van der Waals surface area contributed by atoms with Gasteiger partial charge in [0.1, 0.15) is 0 Å². The summed E-state index contributed by atoms with van der Waals surface area (Å²) in [7, 11) is 0. The Morgan fingerprint density at radius 1 is 1.27 bits per heavy atom. The summed E-state index contributed by atoms with van der Waals surface area (Å²) >= 11 is 0. The van der Waals surface area contributed by atoms with Crippen molar-refractivity contribution in [2.45, 2.75) is 44.7 Å². The highest BCUT2D eigenvalue weighted by molar-refractivity contribution is 5.94. The third kappa shape index (κ3) is 4.84. The van der Waals surface area contributed by atoms with E-state index in [0.29, 0.717) is 25.1 Å². The highest BCUT2D eigenvalue weighted by atomic mass is 16.2. The van der Waals surface area contributed by atoms with Crippen molar-refractivity contribution in [2.75, 3.05) is 13.1 Å². The van der Waals surface area contributed by atoms with Gasteiger partial charge in [-0.1, -0.05) is 18.2 Å². The number of carbonyl (C=O) groups is 2. The molecule has 1 aromatic rings. The number of nitrogens with zero attached hydrogens (tertiary/aromatic N) is 1. The summed E-state index contributed by atoms with van der Waals surface area (Å²) in [5.74, 6) is 0.132. The van der Waals surface area contributed by atoms with Gasteiger partial charge in [-0.05, 0) is 38.3 Å². The van der Waals surface area contributed by atoms with E-state index >= 15 is 0 Å². The zero-order chi connectivity index (χ0) is 15.9. The van der Waals surface area contributed by atoms with Crippen molar-refractivity contribution in [1.82, 2.24) is 10.2 Å². The minimum atomic E-state index is -0.0395. The summed E-state index contributed by atoms with van der Waals surface area (Å²) in [5, 5.41) is 3.05. The average Bonchev–Trinajstić information content (AvgIpc) is 2.54. The molecule has 1 heterocycles. The zero-order valence-corrected chi connectivity index (χ0v) is 13.1. The predicted octanol–water partition coefficient (Wildman–Crippen LogP) is 1.53. The van der Waals surface area contributed by atoms with E-state index < -0.39 is 0 Å². The Bertz CT molecular complexity index is 494. The number of nitrogens with two attached hydrogens (primary N) is 1. The number of amides is 2. The molecule has 2 rings (SSSR count). The number of carbonyl (C=O) groups excluding carboxylic acids is 2. The van der Waals surface area contributed by atoms with Crippen molar-refractivity contribution >= 4 is 11.8 Å². The standard InChI is InChI=1S/C17H25N3O2/c1-13(18)7-8-16(21)20-11-9-15(10-12-20)19-17(22)14-5-3-2-4-6-14/h2-6,13,15H,7-12,18H2,1H3,(H,19,22). The molecule has 3 N–H and O–H groups in total. The van der Waals surface area contributed by atoms with Crippen molar-refractivity contribution in [3.8, 4) is 0 Å². The molecule has 0 aromatic heterocycles. The summed E-state index contributed by atoms with van der Waals surface area (Å²) < 4.78 is 0. The van der Waals surface area contributed by atoms with E-state index in [2.05, 4.69) is 5.32 Å². The van der Waals surface area contributed by atoms with Crippen LogP contribution in [0.3, 0.4) is 0 Å². The number of benzene rings is 1. The molecule has 1 fully saturated rings. The first kappa shape index (κ1) is 16.5. The molecule has 0 saturated carbocycles. The molecule has 5 heteroatoms. The van der Waals surface area contributed by atoms with Crippen LogP contribution in [0.1, 0.15) is 43.0 Å². The Labute approximate surface area is 131 Å². The third-order valence-electron chi connectivity index (χ3n) is 4.03. The first-order valence-corrected chi connectivity index (χ1v) is 7.95. The van der Waals surface area contributed by atoms with Crippen LogP contribution in [0, 0.1) is 0 Å². The van der Waals surface area contributed by atoms with Crippen LogP contribution in [0.15, 0.2) is 30.3 Å². The number of rotatable bonds is 5. The van der Waals surface area contributed by atoms with Crippen molar-refractivity contribution < 1.29 is 9.59 Å². The summed E-state index contributed by atoms with van der Waals surface area (Å²) in [5.41, 5.74) is 6.36. The Morgan fingerprint density at radius 2 is 1.91 bits per heavy atom. The Morgan fingerprint density at radius 3 is 2.50 bits per heavy atom. The quantitative estimate of drug-likeness (QED) is 0.866. The first-order valence-electron chi connectivity index (χ1n) is 7.95. The summed E-state index contributed by atoms with van der Waals surface area (Å²) in [4.78, 5) is 26.0. The molecule has 0 radical (unpaired) electrons. The minimum Gasteiger partial charge on any atom is -0.349 e. The van der Waals surface area contributed by atoms with Gasteiger partial charge in [0.05, 0.1) is 0 Å². The molecule has 1 unspecified atom stereocenters. The fraction of sp³-hybridized carbons (Fsp3) is 0.529. The second kappa shape index (κ2) is 7.94. The lowest BCUT2D eigenvalue weighted by Gasteiger charge is -2.32. The third-order valence-corrected chi connectivity index (χ3v) is 4.03. The fourth-order valence-corrected chi connectivity index (χ4v) is 2.64. The van der Waals surface area contributed by atoms with Gasteiger partial charge in [0.15, 0.2) is 0 Å². The maximum atomic E-state index is 12.1. The summed E-state index contributed by atoms with van der Waals surface area (Å²) in [6.07, 6.45) is 2.85. The topological polar surface area (TPSA) is 75.4 Å². The lowest BCUT2D eigenvalue weighted by atomic mass is 10.0. The van der Waals surface area contributed by atoms with Crippen molar-refractivity contribution in [3.05, 3.63) is 35.9 Å². The van der Waals surface area contributed by atoms with Crippen LogP contribution in [0.2, 0.25) is 0 Å². The van der Waals surface area contributed by atoms with Crippen LogP contribution < -0.4 is 11.1 Å². The highest BCUT2D eigenvalue weighted by Crippen LogP contribution is 2.13. The smallest absolute Gasteiger partial charge is 0.251 e. The van der Waals surface area contributed by atoms with Crippen LogP contribution >= 0.6 is 0 Å². The monoisotopic (exact) mass is 303 g/mol. The molecule has 1 aliphatic rings. The van der Waals surface area contributed by atoms with E-state index in [1.807, 2.05) is 42.2 Å². The molecule has 0 spiro atoms. The van der Waals surface area contributed by atoms with Gasteiger partial charge in [0, 0.05) is 37.2 Å². The predicted molar refractivity (Wildman–Crippen MR) is 86.4 cm³/mol. The number of piperidine rings is 1. The van der Waals surface area contributed by atoms with E-state index in [4.69, 9.17) is 5.73 Å². The lowest BCUT2D eigenvalue weighted by Crippen LogP contribution is -2.46. The number of hydrogen-bond donors (Lipinski definition) is 2. The van der Waals surface area contributed by atoms with Gasteiger partial charge in [-0.3, -0.25) is 9.59 Å². The van der Waals surface area contributed by atoms with Crippen molar-refractivity contribution in [3.63, 3.8) is 0 Å². The van der Waals surface area contributed by atoms with Gasteiger partial charge < -0.3 is 16.0 Å². The second-order valence-corrected chi connectivity index (χ2v) is 6.01. The van der Waals surface area contributed by atoms with Gasteiger partial charge in [-0.15, -0.1) is 0 Å². The van der Waals surface area contributed by atoms with E-state index in [1.54, 1.807) is 0 Å². The fourth-order valence-electron chi connectivity index (χ4n) is 2.64. The van der Waals surface area contributed by atoms with E-state index in [9.17, 15) is 9.59 Å². The van der Waals surface area contributed by atoms with Gasteiger partial charge >= 0.3 is 0 Å². The maximum absolute atomic E-state index is 12.1. The molecule has 1 saturated heterocycles. The van der Waals surface area contributed by atoms with Gasteiger partial charge in [0.25, 0.3) is 5.91 Å². The van der Waals surface area contributed by atoms with Crippen LogP contribution in [0.5, 0.6) is 0 Å². The normalized spacial score (nSPS) is 17.1. The van der Waals surface area contributed by atoms with Gasteiger partial charge in [-0.2, -0.15) is 0 Å². The zero-order valence-electron chi connectivity index (χ0n) is 13.1. The van der Waals surface area contributed by atoms with Gasteiger partial charge in [-0.25, -0.2) is 0 Å². The largest absolute Gasteiger partial charge is 0.349 e. The van der Waals surface area contributed by atoms with E-state index in [-0.39, 0.29) is 23.9 Å². The Hall–Kier alpha value is -1.88. The molecule has 1 atom stereocenters. The molecule has 1 aromatic carbocycles. The molecule has 5 nitrogen and oxygen atoms in total. The number of hydrogen-bond acceptors (Lipinski definition) is 3.